The largest absolute Gasteiger partial charge is 0.435 e. The van der Waals surface area contributed by atoms with Crippen molar-refractivity contribution in [3.63, 3.8) is 0 Å². The predicted molar refractivity (Wildman–Crippen MR) is 96.3 cm³/mol. The van der Waals surface area contributed by atoms with E-state index in [2.05, 4.69) is 14.9 Å². The summed E-state index contributed by atoms with van der Waals surface area (Å²) in [5, 5.41) is 8.75. The molecule has 0 spiro atoms. The van der Waals surface area contributed by atoms with E-state index < -0.39 is 6.61 Å². The van der Waals surface area contributed by atoms with Gasteiger partial charge in [-0.2, -0.15) is 13.9 Å². The molecule has 0 bridgehead atoms. The molecule has 4 nitrogen and oxygen atoms in total. The number of benzene rings is 2. The van der Waals surface area contributed by atoms with Crippen LogP contribution in [-0.4, -0.2) is 16.9 Å². The van der Waals surface area contributed by atoms with Crippen LogP contribution in [0, 0.1) is 0 Å². The Balaban J connectivity index is 1.93. The second-order valence-corrected chi connectivity index (χ2v) is 6.32. The van der Waals surface area contributed by atoms with Crippen LogP contribution in [0.25, 0.3) is 10.2 Å². The number of aryl methyl sites for hydroxylation is 1. The minimum absolute atomic E-state index is 0.127. The van der Waals surface area contributed by atoms with Gasteiger partial charge in [-0.15, -0.1) is 5.10 Å². The highest BCUT2D eigenvalue weighted by Crippen LogP contribution is 2.17. The van der Waals surface area contributed by atoms with Crippen molar-refractivity contribution in [2.45, 2.75) is 20.0 Å². The third-order valence-corrected chi connectivity index (χ3v) is 4.82. The van der Waals surface area contributed by atoms with Crippen LogP contribution < -0.4 is 9.54 Å². The number of nitrogens with zero attached hydrogens (tertiary/aromatic N) is 3. The zero-order valence-electron chi connectivity index (χ0n) is 13.8. The lowest BCUT2D eigenvalue weighted by atomic mass is 10.1. The topological polar surface area (TPSA) is 38.9 Å². The molecular weight excluding hydrogens is 344 g/mol. The first kappa shape index (κ1) is 17.3. The van der Waals surface area contributed by atoms with Crippen LogP contribution in [0.1, 0.15) is 18.9 Å². The monoisotopic (exact) mass is 361 g/mol. The molecule has 0 amide bonds. The Hall–Kier alpha value is -2.54. The number of alkyl halides is 2. The zero-order valence-corrected chi connectivity index (χ0v) is 14.6. The standard InChI is InChI=1S/C18H17F2N3OS/c1-3-14(12-8-10-13(11-9-12)24-17(19)20)21-22-18-23(2)15-6-4-5-7-16(15)25-18/h4-11,17H,3H2,1-2H3. The summed E-state index contributed by atoms with van der Waals surface area (Å²) in [5.74, 6) is 0.127. The molecule has 0 radical (unpaired) electrons. The van der Waals surface area contributed by atoms with E-state index >= 15 is 0 Å². The fourth-order valence-electron chi connectivity index (χ4n) is 2.44. The minimum Gasteiger partial charge on any atom is -0.435 e. The average molecular weight is 361 g/mol. The molecule has 0 saturated heterocycles. The Kier molecular flexibility index (Phi) is 5.23. The number of hydrogen-bond acceptors (Lipinski definition) is 4. The third kappa shape index (κ3) is 3.93. The van der Waals surface area contributed by atoms with Gasteiger partial charge in [0.2, 0.25) is 4.80 Å². The van der Waals surface area contributed by atoms with Gasteiger partial charge in [-0.3, -0.25) is 0 Å². The first-order valence-corrected chi connectivity index (χ1v) is 8.60. The Morgan fingerprint density at radius 2 is 1.88 bits per heavy atom. The van der Waals surface area contributed by atoms with E-state index in [4.69, 9.17) is 0 Å². The highest BCUT2D eigenvalue weighted by atomic mass is 32.1. The second kappa shape index (κ2) is 7.57. The predicted octanol–water partition coefficient (Wildman–Crippen LogP) is 4.56. The molecule has 0 aliphatic heterocycles. The second-order valence-electron chi connectivity index (χ2n) is 5.31. The van der Waals surface area contributed by atoms with E-state index in [1.54, 1.807) is 23.5 Å². The van der Waals surface area contributed by atoms with Gasteiger partial charge in [-0.25, -0.2) is 0 Å². The Bertz CT molecular complexity index is 958. The van der Waals surface area contributed by atoms with E-state index in [0.29, 0.717) is 6.42 Å². The summed E-state index contributed by atoms with van der Waals surface area (Å²) in [6, 6.07) is 14.5. The molecule has 3 rings (SSSR count). The van der Waals surface area contributed by atoms with Gasteiger partial charge in [-0.1, -0.05) is 30.4 Å². The van der Waals surface area contributed by atoms with Crippen molar-refractivity contribution in [3.8, 4) is 5.75 Å². The van der Waals surface area contributed by atoms with Crippen molar-refractivity contribution >= 4 is 27.3 Å². The SMILES string of the molecule is CCC(=NN=c1sc2ccccc2n1C)c1ccc(OC(F)F)cc1. The van der Waals surface area contributed by atoms with Crippen molar-refractivity contribution < 1.29 is 13.5 Å². The number of ether oxygens (including phenoxy) is 1. The van der Waals surface area contributed by atoms with Crippen LogP contribution in [0.2, 0.25) is 0 Å². The molecule has 0 aliphatic carbocycles. The maximum Gasteiger partial charge on any atom is 0.387 e. The first-order valence-electron chi connectivity index (χ1n) is 7.79. The van der Waals surface area contributed by atoms with Gasteiger partial charge in [0.05, 0.1) is 15.9 Å². The molecule has 25 heavy (non-hydrogen) atoms. The smallest absolute Gasteiger partial charge is 0.387 e. The normalized spacial score (nSPS) is 13.0. The number of fused-ring (bicyclic) bond motifs is 1. The maximum atomic E-state index is 12.2. The summed E-state index contributed by atoms with van der Waals surface area (Å²) in [6.45, 7) is -0.851. The van der Waals surface area contributed by atoms with Gasteiger partial charge >= 0.3 is 6.61 Å². The van der Waals surface area contributed by atoms with Gasteiger partial charge in [-0.05, 0) is 48.4 Å². The summed E-state index contributed by atoms with van der Waals surface area (Å²) in [5.41, 5.74) is 2.71. The van der Waals surface area contributed by atoms with E-state index in [1.165, 1.54) is 12.1 Å². The number of thiazole rings is 1. The van der Waals surface area contributed by atoms with E-state index in [0.717, 1.165) is 26.3 Å². The molecule has 130 valence electrons. The number of para-hydroxylation sites is 1. The van der Waals surface area contributed by atoms with E-state index in [1.807, 2.05) is 42.8 Å². The van der Waals surface area contributed by atoms with Crippen LogP contribution in [0.4, 0.5) is 8.78 Å². The van der Waals surface area contributed by atoms with Gasteiger partial charge in [0.15, 0.2) is 0 Å². The lowest BCUT2D eigenvalue weighted by Crippen LogP contribution is -2.10. The van der Waals surface area contributed by atoms with Gasteiger partial charge < -0.3 is 9.30 Å². The molecule has 0 unspecified atom stereocenters. The average Bonchev–Trinajstić information content (AvgIpc) is 2.93. The summed E-state index contributed by atoms with van der Waals surface area (Å²) in [4.78, 5) is 0.796. The van der Waals surface area contributed by atoms with Crippen molar-refractivity contribution in [2.24, 2.45) is 17.3 Å². The van der Waals surface area contributed by atoms with Crippen molar-refractivity contribution in [2.75, 3.05) is 0 Å². The molecule has 0 fully saturated rings. The molecule has 0 atom stereocenters. The van der Waals surface area contributed by atoms with Crippen LogP contribution in [0.15, 0.2) is 58.7 Å². The fourth-order valence-corrected chi connectivity index (χ4v) is 3.41. The molecule has 0 N–H and O–H groups in total. The van der Waals surface area contributed by atoms with Crippen LogP contribution in [-0.2, 0) is 7.05 Å². The summed E-state index contributed by atoms with van der Waals surface area (Å²) in [7, 11) is 1.95. The molecule has 7 heteroatoms. The first-order chi connectivity index (χ1) is 12.1. The van der Waals surface area contributed by atoms with Crippen LogP contribution >= 0.6 is 11.3 Å². The molecule has 0 aliphatic rings. The lowest BCUT2D eigenvalue weighted by Gasteiger charge is -2.06. The number of halogens is 2. The van der Waals surface area contributed by atoms with Crippen molar-refractivity contribution in [1.29, 1.82) is 0 Å². The van der Waals surface area contributed by atoms with E-state index in [-0.39, 0.29) is 5.75 Å². The number of aromatic nitrogens is 1. The molecule has 1 aromatic heterocycles. The Morgan fingerprint density at radius 1 is 1.16 bits per heavy atom. The summed E-state index contributed by atoms with van der Waals surface area (Å²) < 4.78 is 31.9. The molecule has 1 heterocycles. The van der Waals surface area contributed by atoms with Crippen LogP contribution in [0.3, 0.4) is 0 Å². The van der Waals surface area contributed by atoms with Crippen molar-refractivity contribution in [3.05, 3.63) is 58.9 Å². The fraction of sp³-hybridized carbons (Fsp3) is 0.222. The zero-order chi connectivity index (χ0) is 17.8. The summed E-state index contributed by atoms with van der Waals surface area (Å²) in [6.07, 6.45) is 0.674. The van der Waals surface area contributed by atoms with Gasteiger partial charge in [0.25, 0.3) is 0 Å². The highest BCUT2D eigenvalue weighted by Gasteiger charge is 2.06. The maximum absolute atomic E-state index is 12.2. The third-order valence-electron chi connectivity index (χ3n) is 3.72. The molecule has 0 saturated carbocycles. The van der Waals surface area contributed by atoms with Gasteiger partial charge in [0.1, 0.15) is 5.75 Å². The van der Waals surface area contributed by atoms with Crippen molar-refractivity contribution in [1.82, 2.24) is 4.57 Å². The molecule has 2 aromatic carbocycles. The highest BCUT2D eigenvalue weighted by molar-refractivity contribution is 7.16. The number of rotatable bonds is 5. The minimum atomic E-state index is -2.83. The molecule has 3 aromatic rings. The Morgan fingerprint density at radius 3 is 2.52 bits per heavy atom. The molecular formula is C18H17F2N3OS. The van der Waals surface area contributed by atoms with Crippen LogP contribution in [0.5, 0.6) is 5.75 Å². The number of hydrogen-bond donors (Lipinski definition) is 0. The lowest BCUT2D eigenvalue weighted by molar-refractivity contribution is -0.0498. The van der Waals surface area contributed by atoms with E-state index in [9.17, 15) is 8.78 Å². The Labute approximate surface area is 147 Å². The summed E-state index contributed by atoms with van der Waals surface area (Å²) >= 11 is 1.57. The quantitative estimate of drug-likeness (QED) is 0.485. The van der Waals surface area contributed by atoms with Gasteiger partial charge in [0, 0.05) is 7.05 Å².